The molecular weight excluding hydrogens is 458 g/mol. The molecule has 0 aliphatic carbocycles. The first-order valence-electron chi connectivity index (χ1n) is 13.3. The van der Waals surface area contributed by atoms with Crippen molar-refractivity contribution in [2.24, 2.45) is 16.8 Å². The normalized spacial score (nSPS) is 14.0. The summed E-state index contributed by atoms with van der Waals surface area (Å²) in [4.78, 5) is 31.0. The summed E-state index contributed by atoms with van der Waals surface area (Å²) in [5.74, 6) is -0.259. The molecular formula is C33H39NO3. The van der Waals surface area contributed by atoms with Gasteiger partial charge < -0.3 is 4.74 Å². The lowest BCUT2D eigenvalue weighted by Gasteiger charge is -2.21. The standard InChI is InChI=1S/C33H39NO3/c1-4-37-33(36)31(21-20-27-14-8-5-9-15-27)34-26(3)30(23-29-18-12-7-13-19-29)24-32(35)25(2)22-28-16-10-6-11-17-28/h5-19,25,30-31H,4,20-24H2,1-3H3. The van der Waals surface area contributed by atoms with Crippen LogP contribution in [0.2, 0.25) is 0 Å². The third-order valence-corrected chi connectivity index (χ3v) is 6.77. The highest BCUT2D eigenvalue weighted by Crippen LogP contribution is 2.21. The highest BCUT2D eigenvalue weighted by atomic mass is 16.5. The first-order valence-corrected chi connectivity index (χ1v) is 13.3. The lowest BCUT2D eigenvalue weighted by Crippen LogP contribution is -2.28. The van der Waals surface area contributed by atoms with Gasteiger partial charge in [0.1, 0.15) is 11.8 Å². The Hall–Kier alpha value is -3.53. The van der Waals surface area contributed by atoms with Gasteiger partial charge in [-0.25, -0.2) is 4.79 Å². The van der Waals surface area contributed by atoms with Crippen LogP contribution >= 0.6 is 0 Å². The van der Waals surface area contributed by atoms with E-state index >= 15 is 0 Å². The third kappa shape index (κ3) is 9.45. The molecule has 0 heterocycles. The highest BCUT2D eigenvalue weighted by molar-refractivity contribution is 5.92. The van der Waals surface area contributed by atoms with Gasteiger partial charge in [-0.15, -0.1) is 0 Å². The van der Waals surface area contributed by atoms with Gasteiger partial charge in [0.05, 0.1) is 6.61 Å². The lowest BCUT2D eigenvalue weighted by atomic mass is 9.85. The van der Waals surface area contributed by atoms with Gasteiger partial charge in [0.15, 0.2) is 0 Å². The molecule has 3 rings (SSSR count). The summed E-state index contributed by atoms with van der Waals surface area (Å²) < 4.78 is 5.36. The molecule has 3 aromatic rings. The van der Waals surface area contributed by atoms with E-state index in [1.165, 1.54) is 0 Å². The maximum absolute atomic E-state index is 13.3. The van der Waals surface area contributed by atoms with Crippen LogP contribution in [0.3, 0.4) is 0 Å². The number of aliphatic imine (C=N–C) groups is 1. The van der Waals surface area contributed by atoms with Crippen molar-refractivity contribution >= 4 is 17.5 Å². The van der Waals surface area contributed by atoms with Crippen molar-refractivity contribution in [2.75, 3.05) is 6.61 Å². The molecule has 194 valence electrons. The van der Waals surface area contributed by atoms with Gasteiger partial charge in [0.2, 0.25) is 0 Å². The van der Waals surface area contributed by atoms with Crippen molar-refractivity contribution < 1.29 is 14.3 Å². The number of esters is 1. The van der Waals surface area contributed by atoms with Gasteiger partial charge in [-0.2, -0.15) is 0 Å². The third-order valence-electron chi connectivity index (χ3n) is 6.77. The molecule has 3 atom stereocenters. The van der Waals surface area contributed by atoms with Gasteiger partial charge in [-0.05, 0) is 56.2 Å². The number of nitrogens with zero attached hydrogens (tertiary/aromatic N) is 1. The molecule has 4 nitrogen and oxygen atoms in total. The fraction of sp³-hybridized carbons (Fsp3) is 0.364. The maximum atomic E-state index is 13.3. The number of Topliss-reactive ketones (excluding diaryl/α,β-unsaturated/α-hetero) is 1. The van der Waals surface area contributed by atoms with E-state index in [2.05, 4.69) is 36.4 Å². The van der Waals surface area contributed by atoms with E-state index in [9.17, 15) is 9.59 Å². The topological polar surface area (TPSA) is 55.7 Å². The van der Waals surface area contributed by atoms with E-state index < -0.39 is 6.04 Å². The molecule has 0 radical (unpaired) electrons. The van der Waals surface area contributed by atoms with Crippen molar-refractivity contribution in [3.63, 3.8) is 0 Å². The van der Waals surface area contributed by atoms with Crippen LogP contribution in [0.25, 0.3) is 0 Å². The minimum absolute atomic E-state index is 0.0817. The van der Waals surface area contributed by atoms with Gasteiger partial charge in [0.25, 0.3) is 0 Å². The molecule has 3 unspecified atom stereocenters. The molecule has 0 aliphatic heterocycles. The molecule has 0 saturated carbocycles. The lowest BCUT2D eigenvalue weighted by molar-refractivity contribution is -0.144. The number of carbonyl (C=O) groups excluding carboxylic acids is 2. The molecule has 0 aliphatic rings. The molecule has 0 aromatic heterocycles. The summed E-state index contributed by atoms with van der Waals surface area (Å²) in [7, 11) is 0. The molecule has 4 heteroatoms. The molecule has 0 N–H and O–H groups in total. The Balaban J connectivity index is 1.79. The Morgan fingerprint density at radius 2 is 1.30 bits per heavy atom. The number of benzene rings is 3. The van der Waals surface area contributed by atoms with Crippen molar-refractivity contribution in [1.82, 2.24) is 0 Å². The summed E-state index contributed by atoms with van der Waals surface area (Å²) in [5, 5.41) is 0. The molecule has 0 saturated heterocycles. The smallest absolute Gasteiger partial charge is 0.330 e. The summed E-state index contributed by atoms with van der Waals surface area (Å²) in [5.41, 5.74) is 4.31. The van der Waals surface area contributed by atoms with Crippen LogP contribution in [-0.4, -0.2) is 30.1 Å². The monoisotopic (exact) mass is 497 g/mol. The second kappa shape index (κ2) is 14.9. The molecule has 0 bridgehead atoms. The Labute approximate surface area is 221 Å². The van der Waals surface area contributed by atoms with E-state index in [1.807, 2.05) is 75.4 Å². The van der Waals surface area contributed by atoms with Crippen LogP contribution in [-0.2, 0) is 33.6 Å². The van der Waals surface area contributed by atoms with Crippen molar-refractivity contribution in [1.29, 1.82) is 0 Å². The number of aryl methyl sites for hydroxylation is 1. The number of hydrogen-bond donors (Lipinski definition) is 0. The van der Waals surface area contributed by atoms with E-state index in [1.54, 1.807) is 0 Å². The quantitative estimate of drug-likeness (QED) is 0.184. The zero-order valence-electron chi connectivity index (χ0n) is 22.3. The zero-order chi connectivity index (χ0) is 26.5. The minimum atomic E-state index is -0.588. The Morgan fingerprint density at radius 1 is 0.784 bits per heavy atom. The van der Waals surface area contributed by atoms with Crippen LogP contribution in [0.4, 0.5) is 0 Å². The molecule has 0 spiro atoms. The number of ether oxygens (including phenoxy) is 1. The van der Waals surface area contributed by atoms with Crippen LogP contribution in [0.15, 0.2) is 96.0 Å². The average molecular weight is 498 g/mol. The number of hydrogen-bond acceptors (Lipinski definition) is 4. The van der Waals surface area contributed by atoms with Crippen LogP contribution in [0.1, 0.15) is 50.3 Å². The van der Waals surface area contributed by atoms with Crippen molar-refractivity contribution in [3.8, 4) is 0 Å². The number of carbonyl (C=O) groups is 2. The molecule has 37 heavy (non-hydrogen) atoms. The Morgan fingerprint density at radius 3 is 1.84 bits per heavy atom. The number of rotatable bonds is 14. The minimum Gasteiger partial charge on any atom is -0.464 e. The molecule has 0 amide bonds. The average Bonchev–Trinajstić information content (AvgIpc) is 2.92. The SMILES string of the molecule is CCOC(=O)C(CCc1ccccc1)N=C(C)C(CC(=O)C(C)Cc1ccccc1)Cc1ccccc1. The largest absolute Gasteiger partial charge is 0.464 e. The molecule has 0 fully saturated rings. The summed E-state index contributed by atoms with van der Waals surface area (Å²) in [6.45, 7) is 6.09. The van der Waals surface area contributed by atoms with E-state index in [-0.39, 0.29) is 23.6 Å². The van der Waals surface area contributed by atoms with Crippen LogP contribution in [0, 0.1) is 11.8 Å². The highest BCUT2D eigenvalue weighted by Gasteiger charge is 2.25. The number of ketones is 1. The summed E-state index contributed by atoms with van der Waals surface area (Å²) in [6.07, 6.45) is 3.12. The van der Waals surface area contributed by atoms with Gasteiger partial charge in [0, 0.05) is 24.0 Å². The first-order chi connectivity index (χ1) is 18.0. The summed E-state index contributed by atoms with van der Waals surface area (Å²) in [6, 6.07) is 29.8. The van der Waals surface area contributed by atoms with Gasteiger partial charge in [-0.3, -0.25) is 9.79 Å². The Kier molecular flexibility index (Phi) is 11.3. The Bertz CT molecular complexity index is 1130. The summed E-state index contributed by atoms with van der Waals surface area (Å²) >= 11 is 0. The van der Waals surface area contributed by atoms with Crippen LogP contribution in [0.5, 0.6) is 0 Å². The maximum Gasteiger partial charge on any atom is 0.330 e. The predicted molar refractivity (Wildman–Crippen MR) is 151 cm³/mol. The fourth-order valence-corrected chi connectivity index (χ4v) is 4.56. The zero-order valence-corrected chi connectivity index (χ0v) is 22.3. The van der Waals surface area contributed by atoms with Gasteiger partial charge >= 0.3 is 5.97 Å². The molecule has 3 aromatic carbocycles. The fourth-order valence-electron chi connectivity index (χ4n) is 4.56. The first kappa shape index (κ1) is 28.0. The predicted octanol–water partition coefficient (Wildman–Crippen LogP) is 6.71. The van der Waals surface area contributed by atoms with E-state index in [0.717, 1.165) is 35.2 Å². The second-order valence-electron chi connectivity index (χ2n) is 9.71. The van der Waals surface area contributed by atoms with E-state index in [4.69, 9.17) is 9.73 Å². The van der Waals surface area contributed by atoms with Crippen molar-refractivity contribution in [3.05, 3.63) is 108 Å². The van der Waals surface area contributed by atoms with Crippen LogP contribution < -0.4 is 0 Å². The second-order valence-corrected chi connectivity index (χ2v) is 9.71. The van der Waals surface area contributed by atoms with Crippen molar-refractivity contribution in [2.45, 2.75) is 58.9 Å². The van der Waals surface area contributed by atoms with Gasteiger partial charge in [-0.1, -0.05) is 97.9 Å². The van der Waals surface area contributed by atoms with E-state index in [0.29, 0.717) is 25.9 Å².